The van der Waals surface area contributed by atoms with Crippen molar-refractivity contribution in [2.75, 3.05) is 25.5 Å². The lowest BCUT2D eigenvalue weighted by Gasteiger charge is -2.18. The molecular weight excluding hydrogens is 450 g/mol. The second-order valence-corrected chi connectivity index (χ2v) is 10.2. The van der Waals surface area contributed by atoms with E-state index in [9.17, 15) is 13.2 Å². The van der Waals surface area contributed by atoms with E-state index in [2.05, 4.69) is 10.6 Å². The molecule has 0 spiro atoms. The number of anilines is 1. The minimum atomic E-state index is -3.68. The SMILES string of the molecule is COc1ccc(CNC(=O)c2cc(NCc3ccccc3)cc(S(=O)(=O)N3CCCC3)c2)cc1. The van der Waals surface area contributed by atoms with Gasteiger partial charge in [-0.2, -0.15) is 4.31 Å². The number of amides is 1. The molecule has 0 bridgehead atoms. The molecule has 1 heterocycles. The minimum absolute atomic E-state index is 0.127. The molecule has 1 aliphatic heterocycles. The summed E-state index contributed by atoms with van der Waals surface area (Å²) in [5, 5.41) is 6.15. The first-order valence-corrected chi connectivity index (χ1v) is 12.7. The number of rotatable bonds is 9. The van der Waals surface area contributed by atoms with Gasteiger partial charge in [0.15, 0.2) is 0 Å². The van der Waals surface area contributed by atoms with E-state index in [1.54, 1.807) is 19.2 Å². The Hall–Kier alpha value is -3.36. The number of hydrogen-bond donors (Lipinski definition) is 2. The Bertz CT molecular complexity index is 1220. The van der Waals surface area contributed by atoms with E-state index in [-0.39, 0.29) is 10.8 Å². The van der Waals surface area contributed by atoms with Gasteiger partial charge in [-0.15, -0.1) is 0 Å². The van der Waals surface area contributed by atoms with Crippen LogP contribution >= 0.6 is 0 Å². The second-order valence-electron chi connectivity index (χ2n) is 8.23. The van der Waals surface area contributed by atoms with Crippen molar-refractivity contribution in [2.45, 2.75) is 30.8 Å². The van der Waals surface area contributed by atoms with Gasteiger partial charge >= 0.3 is 0 Å². The van der Waals surface area contributed by atoms with E-state index in [0.29, 0.717) is 37.4 Å². The highest BCUT2D eigenvalue weighted by Crippen LogP contribution is 2.25. The Morgan fingerprint density at radius 2 is 1.59 bits per heavy atom. The van der Waals surface area contributed by atoms with Crippen molar-refractivity contribution in [2.24, 2.45) is 0 Å². The van der Waals surface area contributed by atoms with Crippen molar-refractivity contribution in [3.05, 3.63) is 89.5 Å². The number of hydrogen-bond acceptors (Lipinski definition) is 5. The van der Waals surface area contributed by atoms with Gasteiger partial charge in [0.1, 0.15) is 5.75 Å². The third-order valence-electron chi connectivity index (χ3n) is 5.82. The molecule has 0 radical (unpaired) electrons. The number of nitrogens with one attached hydrogen (secondary N) is 2. The van der Waals surface area contributed by atoms with Gasteiger partial charge in [0.2, 0.25) is 10.0 Å². The molecule has 8 heteroatoms. The van der Waals surface area contributed by atoms with E-state index in [1.807, 2.05) is 54.6 Å². The monoisotopic (exact) mass is 479 g/mol. The van der Waals surface area contributed by atoms with Crippen molar-refractivity contribution < 1.29 is 17.9 Å². The molecule has 0 aromatic heterocycles. The number of sulfonamides is 1. The lowest BCUT2D eigenvalue weighted by atomic mass is 10.1. The molecule has 7 nitrogen and oxygen atoms in total. The fraction of sp³-hybridized carbons (Fsp3) is 0.269. The molecule has 2 N–H and O–H groups in total. The van der Waals surface area contributed by atoms with Crippen LogP contribution in [0.4, 0.5) is 5.69 Å². The Morgan fingerprint density at radius 3 is 2.26 bits per heavy atom. The molecule has 0 atom stereocenters. The fourth-order valence-electron chi connectivity index (χ4n) is 3.89. The zero-order chi connectivity index (χ0) is 24.0. The summed E-state index contributed by atoms with van der Waals surface area (Å²) in [7, 11) is -2.07. The van der Waals surface area contributed by atoms with Crippen molar-refractivity contribution in [1.82, 2.24) is 9.62 Å². The molecule has 178 valence electrons. The van der Waals surface area contributed by atoms with E-state index in [1.165, 1.54) is 10.4 Å². The standard InChI is InChI=1S/C26H29N3O4S/c1-33-24-11-9-21(10-12-24)19-28-26(30)22-15-23(27-18-20-7-3-2-4-8-20)17-25(16-22)34(31,32)29-13-5-6-14-29/h2-4,7-12,15-17,27H,5-6,13-14,18-19H2,1H3,(H,28,30). The molecule has 1 amide bonds. The van der Waals surface area contributed by atoms with E-state index in [0.717, 1.165) is 29.7 Å². The summed E-state index contributed by atoms with van der Waals surface area (Å²) in [4.78, 5) is 13.1. The molecule has 3 aromatic rings. The molecule has 4 rings (SSSR count). The van der Waals surface area contributed by atoms with Gasteiger partial charge in [-0.3, -0.25) is 4.79 Å². The molecule has 1 fully saturated rings. The molecule has 1 saturated heterocycles. The lowest BCUT2D eigenvalue weighted by Crippen LogP contribution is -2.29. The summed E-state index contributed by atoms with van der Waals surface area (Å²) < 4.78 is 33.1. The first kappa shape index (κ1) is 23.8. The van der Waals surface area contributed by atoms with Crippen LogP contribution in [0.2, 0.25) is 0 Å². The van der Waals surface area contributed by atoms with Crippen LogP contribution in [0, 0.1) is 0 Å². The molecule has 0 aliphatic carbocycles. The molecule has 1 aliphatic rings. The summed E-state index contributed by atoms with van der Waals surface area (Å²) in [6, 6.07) is 22.0. The predicted molar refractivity (Wildman–Crippen MR) is 132 cm³/mol. The third-order valence-corrected chi connectivity index (χ3v) is 7.70. The maximum absolute atomic E-state index is 13.2. The molecule has 0 saturated carbocycles. The van der Waals surface area contributed by atoms with Gasteiger partial charge in [-0.25, -0.2) is 8.42 Å². The minimum Gasteiger partial charge on any atom is -0.497 e. The van der Waals surface area contributed by atoms with Gasteiger partial charge in [-0.1, -0.05) is 42.5 Å². The van der Waals surface area contributed by atoms with Crippen LogP contribution in [-0.4, -0.2) is 38.8 Å². The highest BCUT2D eigenvalue weighted by Gasteiger charge is 2.28. The Morgan fingerprint density at radius 1 is 0.912 bits per heavy atom. The van der Waals surface area contributed by atoms with Crippen LogP contribution in [0.1, 0.15) is 34.3 Å². The number of methoxy groups -OCH3 is 1. The van der Waals surface area contributed by atoms with Gasteiger partial charge in [0.25, 0.3) is 5.91 Å². The van der Waals surface area contributed by atoms with Crippen molar-refractivity contribution in [1.29, 1.82) is 0 Å². The average molecular weight is 480 g/mol. The van der Waals surface area contributed by atoms with Crippen molar-refractivity contribution in [3.63, 3.8) is 0 Å². The van der Waals surface area contributed by atoms with Crippen molar-refractivity contribution >= 4 is 21.6 Å². The molecular formula is C26H29N3O4S. The van der Waals surface area contributed by atoms with Gasteiger partial charge in [0.05, 0.1) is 12.0 Å². The van der Waals surface area contributed by atoms with Gasteiger partial charge in [0, 0.05) is 37.4 Å². The number of carbonyl (C=O) groups is 1. The quantitative estimate of drug-likeness (QED) is 0.484. The zero-order valence-electron chi connectivity index (χ0n) is 19.2. The number of benzene rings is 3. The largest absolute Gasteiger partial charge is 0.497 e. The first-order chi connectivity index (χ1) is 16.5. The van der Waals surface area contributed by atoms with Crippen molar-refractivity contribution in [3.8, 4) is 5.75 Å². The van der Waals surface area contributed by atoms with Gasteiger partial charge < -0.3 is 15.4 Å². The van der Waals surface area contributed by atoms with E-state index in [4.69, 9.17) is 4.74 Å². The maximum atomic E-state index is 13.2. The smallest absolute Gasteiger partial charge is 0.251 e. The molecule has 34 heavy (non-hydrogen) atoms. The van der Waals surface area contributed by atoms with Crippen LogP contribution in [-0.2, 0) is 23.1 Å². The first-order valence-electron chi connectivity index (χ1n) is 11.3. The Labute approximate surface area is 200 Å². The Kier molecular flexibility index (Phi) is 7.49. The summed E-state index contributed by atoms with van der Waals surface area (Å²) in [6.45, 7) is 1.84. The average Bonchev–Trinajstić information content (AvgIpc) is 3.43. The summed E-state index contributed by atoms with van der Waals surface area (Å²) in [6.07, 6.45) is 1.70. The summed E-state index contributed by atoms with van der Waals surface area (Å²) in [5.74, 6) is 0.404. The molecule has 3 aromatic carbocycles. The normalized spacial score (nSPS) is 14.0. The van der Waals surface area contributed by atoms with Crippen LogP contribution in [0.5, 0.6) is 5.75 Å². The lowest BCUT2D eigenvalue weighted by molar-refractivity contribution is 0.0950. The van der Waals surface area contributed by atoms with E-state index < -0.39 is 10.0 Å². The topological polar surface area (TPSA) is 87.7 Å². The third kappa shape index (κ3) is 5.76. The highest BCUT2D eigenvalue weighted by atomic mass is 32.2. The zero-order valence-corrected chi connectivity index (χ0v) is 20.0. The van der Waals surface area contributed by atoms with Crippen LogP contribution in [0.3, 0.4) is 0 Å². The number of ether oxygens (including phenoxy) is 1. The fourth-order valence-corrected chi connectivity index (χ4v) is 5.48. The van der Waals surface area contributed by atoms with Crippen LogP contribution in [0.25, 0.3) is 0 Å². The summed E-state index contributed by atoms with van der Waals surface area (Å²) in [5.41, 5.74) is 2.85. The van der Waals surface area contributed by atoms with Crippen LogP contribution < -0.4 is 15.4 Å². The Balaban J connectivity index is 1.56. The van der Waals surface area contributed by atoms with Crippen LogP contribution in [0.15, 0.2) is 77.7 Å². The maximum Gasteiger partial charge on any atom is 0.251 e. The highest BCUT2D eigenvalue weighted by molar-refractivity contribution is 7.89. The molecule has 0 unspecified atom stereocenters. The summed E-state index contributed by atoms with van der Waals surface area (Å²) >= 11 is 0. The second kappa shape index (κ2) is 10.7. The van der Waals surface area contributed by atoms with E-state index >= 15 is 0 Å². The van der Waals surface area contributed by atoms with Gasteiger partial charge in [-0.05, 0) is 54.3 Å². The predicted octanol–water partition coefficient (Wildman–Crippen LogP) is 4.02. The number of nitrogens with zero attached hydrogens (tertiary/aromatic N) is 1. The number of carbonyl (C=O) groups excluding carboxylic acids is 1.